The molecule has 29 heavy (non-hydrogen) atoms. The lowest BCUT2D eigenvalue weighted by Crippen LogP contribution is -2.49. The second kappa shape index (κ2) is 6.93. The molecule has 0 spiro atoms. The van der Waals surface area contributed by atoms with Crippen molar-refractivity contribution in [3.05, 3.63) is 53.7 Å². The number of furan rings is 1. The van der Waals surface area contributed by atoms with Gasteiger partial charge in [-0.15, -0.1) is 0 Å². The van der Waals surface area contributed by atoms with Crippen molar-refractivity contribution >= 4 is 35.5 Å². The number of H-pyrrole nitrogens is 1. The SMILES string of the molecule is O=C(c1ccco1)N1CCN(c2nc(O)c(C=C3C=Nc4ncccc43)[nH]2)CC1. The van der Waals surface area contributed by atoms with Gasteiger partial charge in [-0.05, 0) is 30.3 Å². The summed E-state index contributed by atoms with van der Waals surface area (Å²) in [5.41, 5.74) is 2.27. The standard InChI is InChI=1S/C20H18N6O3/c27-18-15(11-13-12-22-17-14(13)3-1-5-21-17)23-20(24-18)26-8-6-25(7-9-26)19(28)16-4-2-10-29-16/h1-5,10-12,27H,6-9H2,(H,23,24). The van der Waals surface area contributed by atoms with Crippen LogP contribution in [0.15, 0.2) is 46.1 Å². The van der Waals surface area contributed by atoms with Gasteiger partial charge in [0.25, 0.3) is 5.91 Å². The molecule has 5 heterocycles. The first-order chi connectivity index (χ1) is 14.2. The highest BCUT2D eigenvalue weighted by molar-refractivity contribution is 6.20. The van der Waals surface area contributed by atoms with Crippen molar-refractivity contribution in [3.63, 3.8) is 0 Å². The first kappa shape index (κ1) is 17.2. The molecule has 9 heteroatoms. The van der Waals surface area contributed by atoms with E-state index in [1.165, 1.54) is 6.26 Å². The minimum Gasteiger partial charge on any atom is -0.492 e. The van der Waals surface area contributed by atoms with E-state index in [1.54, 1.807) is 35.5 Å². The van der Waals surface area contributed by atoms with E-state index in [0.29, 0.717) is 49.4 Å². The lowest BCUT2D eigenvalue weighted by atomic mass is 10.1. The Bertz CT molecular complexity index is 1110. The molecule has 2 aliphatic rings. The Morgan fingerprint density at radius 2 is 2.07 bits per heavy atom. The average molecular weight is 390 g/mol. The molecule has 9 nitrogen and oxygen atoms in total. The van der Waals surface area contributed by atoms with Crippen molar-refractivity contribution in [2.75, 3.05) is 31.1 Å². The molecule has 0 radical (unpaired) electrons. The Morgan fingerprint density at radius 3 is 2.86 bits per heavy atom. The maximum absolute atomic E-state index is 12.4. The second-order valence-corrected chi connectivity index (χ2v) is 6.79. The van der Waals surface area contributed by atoms with Gasteiger partial charge in [-0.25, -0.2) is 9.98 Å². The number of fused-ring (bicyclic) bond motifs is 1. The maximum atomic E-state index is 12.4. The Balaban J connectivity index is 1.30. The monoisotopic (exact) mass is 390 g/mol. The molecule has 0 bridgehead atoms. The van der Waals surface area contributed by atoms with Crippen LogP contribution in [0.2, 0.25) is 0 Å². The number of hydrogen-bond donors (Lipinski definition) is 2. The number of amides is 1. The molecule has 0 unspecified atom stereocenters. The first-order valence-corrected chi connectivity index (χ1v) is 9.27. The van der Waals surface area contributed by atoms with Crippen molar-refractivity contribution in [1.82, 2.24) is 19.9 Å². The van der Waals surface area contributed by atoms with Crippen molar-refractivity contribution in [1.29, 1.82) is 0 Å². The van der Waals surface area contributed by atoms with E-state index >= 15 is 0 Å². The number of carbonyl (C=O) groups excluding carboxylic acids is 1. The fraction of sp³-hybridized carbons (Fsp3) is 0.200. The first-order valence-electron chi connectivity index (χ1n) is 9.27. The van der Waals surface area contributed by atoms with Crippen LogP contribution >= 0.6 is 0 Å². The number of pyridine rings is 1. The van der Waals surface area contributed by atoms with Crippen molar-refractivity contribution in [2.45, 2.75) is 0 Å². The molecule has 1 fully saturated rings. The Morgan fingerprint density at radius 1 is 1.21 bits per heavy atom. The minimum absolute atomic E-state index is 0.0765. The molecule has 146 valence electrons. The lowest BCUT2D eigenvalue weighted by molar-refractivity contribution is 0.0714. The van der Waals surface area contributed by atoms with E-state index in [1.807, 2.05) is 17.0 Å². The van der Waals surface area contributed by atoms with Crippen LogP contribution in [0.25, 0.3) is 11.6 Å². The van der Waals surface area contributed by atoms with Gasteiger partial charge in [0.15, 0.2) is 11.6 Å². The van der Waals surface area contributed by atoms with Crippen LogP contribution in [-0.2, 0) is 0 Å². The topological polar surface area (TPSA) is 111 Å². The van der Waals surface area contributed by atoms with Crippen LogP contribution in [-0.4, -0.2) is 63.3 Å². The molecule has 1 saturated heterocycles. The van der Waals surface area contributed by atoms with Crippen LogP contribution in [0.3, 0.4) is 0 Å². The Labute approximate surface area is 166 Å². The number of carbonyl (C=O) groups is 1. The number of allylic oxidation sites excluding steroid dienone is 1. The maximum Gasteiger partial charge on any atom is 0.289 e. The van der Waals surface area contributed by atoms with Crippen molar-refractivity contribution in [3.8, 4) is 5.88 Å². The van der Waals surface area contributed by atoms with Crippen molar-refractivity contribution < 1.29 is 14.3 Å². The molecule has 1 amide bonds. The minimum atomic E-state index is -0.116. The second-order valence-electron chi connectivity index (χ2n) is 6.79. The lowest BCUT2D eigenvalue weighted by Gasteiger charge is -2.34. The van der Waals surface area contributed by atoms with Gasteiger partial charge in [0.1, 0.15) is 5.69 Å². The molecular weight excluding hydrogens is 372 g/mol. The third-order valence-corrected chi connectivity index (χ3v) is 5.02. The zero-order valence-corrected chi connectivity index (χ0v) is 15.4. The summed E-state index contributed by atoms with van der Waals surface area (Å²) in [4.78, 5) is 32.0. The zero-order chi connectivity index (χ0) is 19.8. The summed E-state index contributed by atoms with van der Waals surface area (Å²) in [5, 5.41) is 10.3. The van der Waals surface area contributed by atoms with Crippen molar-refractivity contribution in [2.24, 2.45) is 4.99 Å². The number of aromatic nitrogens is 3. The molecule has 0 saturated carbocycles. The quantitative estimate of drug-likeness (QED) is 0.710. The van der Waals surface area contributed by atoms with Gasteiger partial charge in [-0.3, -0.25) is 4.79 Å². The number of rotatable bonds is 3. The van der Waals surface area contributed by atoms with E-state index in [0.717, 1.165) is 11.1 Å². The van der Waals surface area contributed by atoms with E-state index < -0.39 is 0 Å². The summed E-state index contributed by atoms with van der Waals surface area (Å²) in [5.74, 6) is 1.38. The largest absolute Gasteiger partial charge is 0.492 e. The van der Waals surface area contributed by atoms with Gasteiger partial charge < -0.3 is 24.3 Å². The number of nitrogens with one attached hydrogen (secondary N) is 1. The van der Waals surface area contributed by atoms with Gasteiger partial charge in [0, 0.05) is 49.7 Å². The van der Waals surface area contributed by atoms with E-state index in [-0.39, 0.29) is 11.8 Å². The van der Waals surface area contributed by atoms with Crippen LogP contribution in [0.5, 0.6) is 5.88 Å². The van der Waals surface area contributed by atoms with Crippen LogP contribution < -0.4 is 4.90 Å². The number of aromatic hydroxyl groups is 1. The normalized spacial score (nSPS) is 17.2. The fourth-order valence-electron chi connectivity index (χ4n) is 3.49. The summed E-state index contributed by atoms with van der Waals surface area (Å²) >= 11 is 0. The highest BCUT2D eigenvalue weighted by atomic mass is 16.3. The Hall–Kier alpha value is -3.88. The molecule has 0 atom stereocenters. The zero-order valence-electron chi connectivity index (χ0n) is 15.4. The summed E-state index contributed by atoms with van der Waals surface area (Å²) in [6.07, 6.45) is 6.71. The molecule has 2 N–H and O–H groups in total. The van der Waals surface area contributed by atoms with Gasteiger partial charge in [0.05, 0.1) is 6.26 Å². The molecule has 5 rings (SSSR count). The number of nitrogens with zero attached hydrogens (tertiary/aromatic N) is 5. The number of aliphatic imine (C=N–C) groups is 1. The summed E-state index contributed by atoms with van der Waals surface area (Å²) in [7, 11) is 0. The number of hydrogen-bond acceptors (Lipinski definition) is 7. The third kappa shape index (κ3) is 3.16. The number of piperazine rings is 1. The van der Waals surface area contributed by atoms with Gasteiger partial charge in [0.2, 0.25) is 11.8 Å². The Kier molecular flexibility index (Phi) is 4.12. The fourth-order valence-corrected chi connectivity index (χ4v) is 3.49. The molecular formula is C20H18N6O3. The van der Waals surface area contributed by atoms with E-state index in [9.17, 15) is 9.90 Å². The summed E-state index contributed by atoms with van der Waals surface area (Å²) in [6, 6.07) is 7.15. The van der Waals surface area contributed by atoms with Gasteiger partial charge in [-0.1, -0.05) is 0 Å². The number of aromatic amines is 1. The van der Waals surface area contributed by atoms with Gasteiger partial charge in [-0.2, -0.15) is 4.98 Å². The number of anilines is 1. The average Bonchev–Trinajstić information content (AvgIpc) is 3.49. The highest BCUT2D eigenvalue weighted by Crippen LogP contribution is 2.32. The molecule has 0 aliphatic carbocycles. The highest BCUT2D eigenvalue weighted by Gasteiger charge is 2.25. The smallest absolute Gasteiger partial charge is 0.289 e. The van der Waals surface area contributed by atoms with Crippen LogP contribution in [0, 0.1) is 0 Å². The van der Waals surface area contributed by atoms with Crippen LogP contribution in [0.4, 0.5) is 11.8 Å². The summed E-state index contributed by atoms with van der Waals surface area (Å²) < 4.78 is 5.19. The predicted octanol–water partition coefficient (Wildman–Crippen LogP) is 2.32. The van der Waals surface area contributed by atoms with E-state index in [2.05, 4.69) is 19.9 Å². The molecule has 2 aliphatic heterocycles. The van der Waals surface area contributed by atoms with Crippen LogP contribution in [0.1, 0.15) is 21.8 Å². The molecule has 3 aromatic rings. The molecule has 0 aromatic carbocycles. The van der Waals surface area contributed by atoms with E-state index in [4.69, 9.17) is 4.42 Å². The van der Waals surface area contributed by atoms with Gasteiger partial charge >= 0.3 is 0 Å². The number of imidazole rings is 1. The third-order valence-electron chi connectivity index (χ3n) is 5.02. The predicted molar refractivity (Wildman–Crippen MR) is 107 cm³/mol. The molecule has 3 aromatic heterocycles. The summed E-state index contributed by atoms with van der Waals surface area (Å²) in [6.45, 7) is 2.29.